The van der Waals surface area contributed by atoms with Crippen molar-refractivity contribution in [2.24, 2.45) is 0 Å². The molecule has 1 aliphatic carbocycles. The molecule has 5 rings (SSSR count). The maximum absolute atomic E-state index is 12.2. The van der Waals surface area contributed by atoms with Crippen LogP contribution in [0.5, 0.6) is 11.5 Å². The monoisotopic (exact) mass is 376 g/mol. The minimum absolute atomic E-state index is 0.210. The zero-order chi connectivity index (χ0) is 18.9. The first-order valence-electron chi connectivity index (χ1n) is 9.49. The zero-order valence-corrected chi connectivity index (χ0v) is 15.3. The Morgan fingerprint density at radius 2 is 1.82 bits per heavy atom. The van der Waals surface area contributed by atoms with Crippen LogP contribution in [0, 0.1) is 0 Å². The van der Waals surface area contributed by atoms with Crippen molar-refractivity contribution in [3.05, 3.63) is 42.6 Å². The van der Waals surface area contributed by atoms with Gasteiger partial charge in [0.25, 0.3) is 0 Å². The van der Waals surface area contributed by atoms with Crippen molar-refractivity contribution in [2.45, 2.75) is 31.7 Å². The highest BCUT2D eigenvalue weighted by molar-refractivity contribution is 5.90. The SMILES string of the molecule is O=C(Nc1ccc2ncc(-c3ccc4c(c3)OCO4)cc2n1)NC1CCCC1. The topological polar surface area (TPSA) is 85.4 Å². The molecule has 0 spiro atoms. The molecule has 3 heterocycles. The minimum Gasteiger partial charge on any atom is -0.454 e. The van der Waals surface area contributed by atoms with Crippen LogP contribution in [0.2, 0.25) is 0 Å². The van der Waals surface area contributed by atoms with E-state index in [1.807, 2.05) is 30.3 Å². The molecule has 2 amide bonds. The van der Waals surface area contributed by atoms with Gasteiger partial charge in [-0.25, -0.2) is 9.78 Å². The number of nitrogens with zero attached hydrogens (tertiary/aromatic N) is 2. The number of urea groups is 1. The Balaban J connectivity index is 1.38. The number of nitrogens with one attached hydrogen (secondary N) is 2. The molecular weight excluding hydrogens is 356 g/mol. The van der Waals surface area contributed by atoms with Gasteiger partial charge in [-0.05, 0) is 48.7 Å². The molecule has 0 radical (unpaired) electrons. The Morgan fingerprint density at radius 3 is 2.71 bits per heavy atom. The van der Waals surface area contributed by atoms with Gasteiger partial charge in [-0.1, -0.05) is 18.9 Å². The molecular formula is C21H20N4O3. The molecule has 28 heavy (non-hydrogen) atoms. The van der Waals surface area contributed by atoms with Crippen LogP contribution in [-0.4, -0.2) is 28.8 Å². The molecule has 142 valence electrons. The number of rotatable bonds is 3. The molecule has 0 saturated heterocycles. The smallest absolute Gasteiger partial charge is 0.320 e. The van der Waals surface area contributed by atoms with Gasteiger partial charge in [0.1, 0.15) is 5.82 Å². The van der Waals surface area contributed by atoms with E-state index in [0.717, 1.165) is 41.0 Å². The summed E-state index contributed by atoms with van der Waals surface area (Å²) >= 11 is 0. The Morgan fingerprint density at radius 1 is 0.964 bits per heavy atom. The molecule has 7 nitrogen and oxygen atoms in total. The largest absolute Gasteiger partial charge is 0.454 e. The Bertz CT molecular complexity index is 1050. The van der Waals surface area contributed by atoms with Gasteiger partial charge in [0.15, 0.2) is 11.5 Å². The number of carbonyl (C=O) groups is 1. The minimum atomic E-state index is -0.210. The highest BCUT2D eigenvalue weighted by atomic mass is 16.7. The number of benzene rings is 1. The first kappa shape index (κ1) is 16.8. The molecule has 2 N–H and O–H groups in total. The van der Waals surface area contributed by atoms with E-state index in [2.05, 4.69) is 20.6 Å². The van der Waals surface area contributed by atoms with Crippen LogP contribution >= 0.6 is 0 Å². The number of carbonyl (C=O) groups excluding carboxylic acids is 1. The van der Waals surface area contributed by atoms with Crippen LogP contribution in [0.3, 0.4) is 0 Å². The van der Waals surface area contributed by atoms with Crippen molar-refractivity contribution in [1.82, 2.24) is 15.3 Å². The number of ether oxygens (including phenoxy) is 2. The van der Waals surface area contributed by atoms with Gasteiger partial charge in [-0.15, -0.1) is 0 Å². The summed E-state index contributed by atoms with van der Waals surface area (Å²) < 4.78 is 10.8. The van der Waals surface area contributed by atoms with E-state index < -0.39 is 0 Å². The first-order chi connectivity index (χ1) is 13.7. The van der Waals surface area contributed by atoms with Crippen molar-refractivity contribution >= 4 is 22.9 Å². The van der Waals surface area contributed by atoms with Crippen molar-refractivity contribution < 1.29 is 14.3 Å². The van der Waals surface area contributed by atoms with Crippen molar-refractivity contribution in [1.29, 1.82) is 0 Å². The van der Waals surface area contributed by atoms with E-state index in [0.29, 0.717) is 11.3 Å². The molecule has 0 bridgehead atoms. The number of aromatic nitrogens is 2. The van der Waals surface area contributed by atoms with E-state index in [1.165, 1.54) is 12.8 Å². The standard InChI is InChI=1S/C21H20N4O3/c26-21(23-15-3-1-2-4-15)25-20-8-6-16-17(24-20)9-14(11-22-16)13-5-7-18-19(10-13)28-12-27-18/h5-11,15H,1-4,12H2,(H2,23,24,25,26). The molecule has 1 aromatic carbocycles. The molecule has 1 fully saturated rings. The molecule has 0 unspecified atom stereocenters. The maximum Gasteiger partial charge on any atom is 0.320 e. The van der Waals surface area contributed by atoms with E-state index in [1.54, 1.807) is 12.3 Å². The normalized spacial score (nSPS) is 15.7. The average Bonchev–Trinajstić information content (AvgIpc) is 3.38. The summed E-state index contributed by atoms with van der Waals surface area (Å²) in [5, 5.41) is 5.83. The lowest BCUT2D eigenvalue weighted by Crippen LogP contribution is -2.36. The third-order valence-corrected chi connectivity index (χ3v) is 5.18. The Labute approximate surface area is 162 Å². The van der Waals surface area contributed by atoms with Crippen molar-refractivity contribution in [3.63, 3.8) is 0 Å². The molecule has 0 atom stereocenters. The lowest BCUT2D eigenvalue weighted by Gasteiger charge is -2.12. The summed E-state index contributed by atoms with van der Waals surface area (Å²) in [4.78, 5) is 21.2. The second kappa shape index (κ2) is 6.99. The zero-order valence-electron chi connectivity index (χ0n) is 15.3. The molecule has 7 heteroatoms. The number of hydrogen-bond donors (Lipinski definition) is 2. The summed E-state index contributed by atoms with van der Waals surface area (Å²) in [5.41, 5.74) is 3.38. The Hall–Kier alpha value is -3.35. The first-order valence-corrected chi connectivity index (χ1v) is 9.49. The van der Waals surface area contributed by atoms with Gasteiger partial charge in [-0.2, -0.15) is 0 Å². The number of fused-ring (bicyclic) bond motifs is 2. The maximum atomic E-state index is 12.2. The summed E-state index contributed by atoms with van der Waals surface area (Å²) in [7, 11) is 0. The molecule has 2 aliphatic rings. The third-order valence-electron chi connectivity index (χ3n) is 5.18. The summed E-state index contributed by atoms with van der Waals surface area (Å²) in [6.07, 6.45) is 6.24. The van der Waals surface area contributed by atoms with E-state index >= 15 is 0 Å². The van der Waals surface area contributed by atoms with Gasteiger partial charge < -0.3 is 14.8 Å². The highest BCUT2D eigenvalue weighted by Gasteiger charge is 2.17. The van der Waals surface area contributed by atoms with Crippen molar-refractivity contribution in [3.8, 4) is 22.6 Å². The highest BCUT2D eigenvalue weighted by Crippen LogP contribution is 2.36. The number of pyridine rings is 2. The molecule has 1 saturated carbocycles. The number of hydrogen-bond acceptors (Lipinski definition) is 5. The van der Waals surface area contributed by atoms with Gasteiger partial charge in [-0.3, -0.25) is 10.3 Å². The molecule has 3 aromatic rings. The van der Waals surface area contributed by atoms with Crippen LogP contribution < -0.4 is 20.1 Å². The fraction of sp³-hybridized carbons (Fsp3) is 0.286. The second-order valence-corrected chi connectivity index (χ2v) is 7.11. The summed E-state index contributed by atoms with van der Waals surface area (Å²) in [6.45, 7) is 0.244. The van der Waals surface area contributed by atoms with E-state index in [-0.39, 0.29) is 18.9 Å². The van der Waals surface area contributed by atoms with Crippen LogP contribution in [0.4, 0.5) is 10.6 Å². The van der Waals surface area contributed by atoms with Crippen molar-refractivity contribution in [2.75, 3.05) is 12.1 Å². The number of anilines is 1. The van der Waals surface area contributed by atoms with Gasteiger partial charge in [0, 0.05) is 17.8 Å². The van der Waals surface area contributed by atoms with Crippen LogP contribution in [0.1, 0.15) is 25.7 Å². The predicted molar refractivity (Wildman–Crippen MR) is 106 cm³/mol. The second-order valence-electron chi connectivity index (χ2n) is 7.11. The van der Waals surface area contributed by atoms with Crippen LogP contribution in [0.25, 0.3) is 22.2 Å². The fourth-order valence-corrected chi connectivity index (χ4v) is 3.72. The van der Waals surface area contributed by atoms with Gasteiger partial charge in [0.2, 0.25) is 6.79 Å². The quantitative estimate of drug-likeness (QED) is 0.719. The Kier molecular flexibility index (Phi) is 4.20. The van der Waals surface area contributed by atoms with Crippen LogP contribution in [-0.2, 0) is 0 Å². The van der Waals surface area contributed by atoms with Gasteiger partial charge >= 0.3 is 6.03 Å². The summed E-state index contributed by atoms with van der Waals surface area (Å²) in [6, 6.07) is 11.4. The van der Waals surface area contributed by atoms with E-state index in [4.69, 9.17) is 9.47 Å². The lowest BCUT2D eigenvalue weighted by molar-refractivity contribution is 0.174. The number of amides is 2. The van der Waals surface area contributed by atoms with Gasteiger partial charge in [0.05, 0.1) is 11.0 Å². The fourth-order valence-electron chi connectivity index (χ4n) is 3.72. The van der Waals surface area contributed by atoms with Crippen LogP contribution in [0.15, 0.2) is 42.6 Å². The summed E-state index contributed by atoms with van der Waals surface area (Å²) in [5.74, 6) is 1.98. The third kappa shape index (κ3) is 3.31. The van der Waals surface area contributed by atoms with E-state index in [9.17, 15) is 4.79 Å². The predicted octanol–water partition coefficient (Wildman–Crippen LogP) is 4.09. The molecule has 2 aromatic heterocycles. The lowest BCUT2D eigenvalue weighted by atomic mass is 10.1. The average molecular weight is 376 g/mol. The molecule has 1 aliphatic heterocycles.